The van der Waals surface area contributed by atoms with Gasteiger partial charge in [-0.25, -0.2) is 0 Å². The minimum absolute atomic E-state index is 0.0710. The number of hydrogen-bond acceptors (Lipinski definition) is 3. The van der Waals surface area contributed by atoms with E-state index in [1.54, 1.807) is 37.4 Å². The van der Waals surface area contributed by atoms with Crippen LogP contribution in [0, 0.1) is 18.3 Å². The van der Waals surface area contributed by atoms with Crippen LogP contribution in [0.5, 0.6) is 5.75 Å². The number of aryl methyl sites for hydroxylation is 1. The molecule has 0 fully saturated rings. The third-order valence-corrected chi connectivity index (χ3v) is 6.35. The summed E-state index contributed by atoms with van der Waals surface area (Å²) in [5.41, 5.74) is 3.78. The highest BCUT2D eigenvalue weighted by Crippen LogP contribution is 2.33. The topological polar surface area (TPSA) is 62.1 Å². The summed E-state index contributed by atoms with van der Waals surface area (Å²) in [6, 6.07) is 18.4. The van der Waals surface area contributed by atoms with E-state index < -0.39 is 5.91 Å². The van der Waals surface area contributed by atoms with Crippen molar-refractivity contribution in [3.05, 3.63) is 96.9 Å². The van der Waals surface area contributed by atoms with Gasteiger partial charge in [-0.1, -0.05) is 63.4 Å². The first-order valence-electron chi connectivity index (χ1n) is 9.61. The fraction of sp³-hybridized carbons (Fsp3) is 0.120. The number of nitrogens with zero attached hydrogens (tertiary/aromatic N) is 1. The van der Waals surface area contributed by atoms with Gasteiger partial charge in [-0.05, 0) is 60.0 Å². The number of carbonyl (C=O) groups is 1. The lowest BCUT2D eigenvalue weighted by molar-refractivity contribution is -0.112. The molecule has 1 N–H and O–H groups in total. The maximum Gasteiger partial charge on any atom is 0.266 e. The monoisotopic (exact) mass is 528 g/mol. The summed E-state index contributed by atoms with van der Waals surface area (Å²) in [5, 5.41) is 13.2. The molecule has 3 aromatic rings. The van der Waals surface area contributed by atoms with Crippen LogP contribution in [0.2, 0.25) is 10.0 Å². The number of hydrogen-bond donors (Lipinski definition) is 1. The Morgan fingerprint density at radius 3 is 2.56 bits per heavy atom. The smallest absolute Gasteiger partial charge is 0.266 e. The summed E-state index contributed by atoms with van der Waals surface area (Å²) < 4.78 is 6.52. The minimum Gasteiger partial charge on any atom is -0.496 e. The third kappa shape index (κ3) is 5.72. The Morgan fingerprint density at radius 1 is 1.16 bits per heavy atom. The number of nitriles is 1. The first-order valence-corrected chi connectivity index (χ1v) is 11.2. The fourth-order valence-corrected chi connectivity index (χ4v) is 3.98. The normalized spacial score (nSPS) is 11.1. The second-order valence-corrected chi connectivity index (χ2v) is 8.71. The number of ether oxygens (including phenoxy) is 1. The van der Waals surface area contributed by atoms with E-state index in [4.69, 9.17) is 27.9 Å². The second-order valence-electron chi connectivity index (χ2n) is 7.04. The number of halogens is 3. The zero-order chi connectivity index (χ0) is 23.3. The van der Waals surface area contributed by atoms with Crippen LogP contribution >= 0.6 is 39.1 Å². The van der Waals surface area contributed by atoms with Crippen LogP contribution in [0.3, 0.4) is 0 Å². The van der Waals surface area contributed by atoms with Crippen LogP contribution in [-0.4, -0.2) is 13.0 Å². The Kier molecular flexibility index (Phi) is 7.98. The van der Waals surface area contributed by atoms with Crippen molar-refractivity contribution in [3.8, 4) is 11.8 Å². The molecule has 0 heterocycles. The summed E-state index contributed by atoms with van der Waals surface area (Å²) in [6.07, 6.45) is 2.04. The first kappa shape index (κ1) is 23.9. The summed E-state index contributed by atoms with van der Waals surface area (Å²) in [5.74, 6) is 0.0299. The molecular formula is C25H19BrCl2N2O2. The summed E-state index contributed by atoms with van der Waals surface area (Å²) in [7, 11) is 1.56. The van der Waals surface area contributed by atoms with E-state index in [2.05, 4.69) is 21.2 Å². The molecule has 0 saturated carbocycles. The summed E-state index contributed by atoms with van der Waals surface area (Å²) in [4.78, 5) is 12.6. The largest absolute Gasteiger partial charge is 0.496 e. The molecular weight excluding hydrogens is 511 g/mol. The molecule has 162 valence electrons. The molecule has 0 aliphatic heterocycles. The number of amides is 1. The van der Waals surface area contributed by atoms with Crippen LogP contribution in [0.4, 0.5) is 5.69 Å². The van der Waals surface area contributed by atoms with Gasteiger partial charge in [-0.2, -0.15) is 5.26 Å². The molecule has 0 saturated heterocycles. The third-order valence-electron chi connectivity index (χ3n) is 4.83. The molecule has 0 radical (unpaired) electrons. The van der Waals surface area contributed by atoms with Gasteiger partial charge in [0.2, 0.25) is 0 Å². The van der Waals surface area contributed by atoms with E-state index in [1.165, 1.54) is 6.08 Å². The number of methoxy groups -OCH3 is 1. The van der Waals surface area contributed by atoms with Gasteiger partial charge in [-0.3, -0.25) is 4.79 Å². The van der Waals surface area contributed by atoms with Crippen LogP contribution in [0.15, 0.2) is 64.6 Å². The molecule has 0 atom stereocenters. The molecule has 0 aromatic heterocycles. The molecule has 0 bridgehead atoms. The van der Waals surface area contributed by atoms with Crippen molar-refractivity contribution in [2.24, 2.45) is 0 Å². The number of carbonyl (C=O) groups excluding carboxylic acids is 1. The molecule has 7 heteroatoms. The number of benzene rings is 3. The molecule has 1 amide bonds. The van der Waals surface area contributed by atoms with Crippen molar-refractivity contribution in [1.82, 2.24) is 0 Å². The highest BCUT2D eigenvalue weighted by atomic mass is 79.9. The number of nitrogens with one attached hydrogen (secondary N) is 1. The van der Waals surface area contributed by atoms with Gasteiger partial charge < -0.3 is 10.1 Å². The minimum atomic E-state index is -0.542. The van der Waals surface area contributed by atoms with Crippen molar-refractivity contribution >= 4 is 56.8 Å². The Balaban J connectivity index is 1.89. The van der Waals surface area contributed by atoms with Gasteiger partial charge in [0.05, 0.1) is 7.11 Å². The van der Waals surface area contributed by atoms with Crippen LogP contribution in [-0.2, 0) is 11.2 Å². The van der Waals surface area contributed by atoms with E-state index in [0.717, 1.165) is 21.2 Å². The van der Waals surface area contributed by atoms with Crippen molar-refractivity contribution in [2.75, 3.05) is 12.4 Å². The number of anilines is 1. The SMILES string of the molecule is COc1cc(/C=C(\C#N)C(=O)Nc2ccc(C)c(Cl)c2)cc(Cl)c1Cc1ccccc1Br. The lowest BCUT2D eigenvalue weighted by atomic mass is 10.0. The maximum atomic E-state index is 12.6. The second kappa shape index (κ2) is 10.7. The van der Waals surface area contributed by atoms with E-state index in [0.29, 0.717) is 33.5 Å². The predicted molar refractivity (Wildman–Crippen MR) is 133 cm³/mol. The molecule has 32 heavy (non-hydrogen) atoms. The van der Waals surface area contributed by atoms with E-state index in [-0.39, 0.29) is 5.57 Å². The van der Waals surface area contributed by atoms with Gasteiger partial charge in [0.1, 0.15) is 17.4 Å². The average Bonchev–Trinajstić information content (AvgIpc) is 2.77. The van der Waals surface area contributed by atoms with Crippen molar-refractivity contribution in [3.63, 3.8) is 0 Å². The average molecular weight is 530 g/mol. The lowest BCUT2D eigenvalue weighted by Crippen LogP contribution is -2.13. The summed E-state index contributed by atoms with van der Waals surface area (Å²) in [6.45, 7) is 1.87. The molecule has 0 unspecified atom stereocenters. The quantitative estimate of drug-likeness (QED) is 0.271. The highest BCUT2D eigenvalue weighted by molar-refractivity contribution is 9.10. The van der Waals surface area contributed by atoms with Crippen molar-refractivity contribution < 1.29 is 9.53 Å². The molecule has 3 rings (SSSR count). The van der Waals surface area contributed by atoms with Gasteiger partial charge in [0.15, 0.2) is 0 Å². The highest BCUT2D eigenvalue weighted by Gasteiger charge is 2.15. The maximum absolute atomic E-state index is 12.6. The molecule has 0 spiro atoms. The molecule has 0 aliphatic rings. The Bertz CT molecular complexity index is 1250. The lowest BCUT2D eigenvalue weighted by Gasteiger charge is -2.13. The molecule has 4 nitrogen and oxygen atoms in total. The van der Waals surface area contributed by atoms with Crippen LogP contribution < -0.4 is 10.1 Å². The Hall–Kier alpha value is -2.78. The van der Waals surface area contributed by atoms with Gasteiger partial charge in [0, 0.05) is 32.2 Å². The molecule has 0 aliphatic carbocycles. The van der Waals surface area contributed by atoms with Crippen molar-refractivity contribution in [2.45, 2.75) is 13.3 Å². The van der Waals surface area contributed by atoms with Gasteiger partial charge in [0.25, 0.3) is 5.91 Å². The van der Waals surface area contributed by atoms with Crippen LogP contribution in [0.1, 0.15) is 22.3 Å². The van der Waals surface area contributed by atoms with Gasteiger partial charge >= 0.3 is 0 Å². The Labute approximate surface area is 205 Å². The molecule has 3 aromatic carbocycles. The van der Waals surface area contributed by atoms with Gasteiger partial charge in [-0.15, -0.1) is 0 Å². The van der Waals surface area contributed by atoms with E-state index in [1.807, 2.05) is 37.3 Å². The van der Waals surface area contributed by atoms with E-state index >= 15 is 0 Å². The number of rotatable bonds is 6. The first-order chi connectivity index (χ1) is 15.3. The zero-order valence-electron chi connectivity index (χ0n) is 17.4. The fourth-order valence-electron chi connectivity index (χ4n) is 3.08. The van der Waals surface area contributed by atoms with Crippen LogP contribution in [0.25, 0.3) is 6.08 Å². The zero-order valence-corrected chi connectivity index (χ0v) is 20.5. The Morgan fingerprint density at radius 2 is 1.91 bits per heavy atom. The standard InChI is InChI=1S/C25H19BrCl2N2O2/c1-15-7-8-19(13-22(15)27)30-25(31)18(14-29)9-16-10-23(28)20(24(11-16)32-2)12-17-5-3-4-6-21(17)26/h3-11,13H,12H2,1-2H3,(H,30,31)/b18-9+. The van der Waals surface area contributed by atoms with Crippen molar-refractivity contribution in [1.29, 1.82) is 5.26 Å². The van der Waals surface area contributed by atoms with E-state index in [9.17, 15) is 10.1 Å². The summed E-state index contributed by atoms with van der Waals surface area (Å²) >= 11 is 16.2. The predicted octanol–water partition coefficient (Wildman–Crippen LogP) is 7.21.